The molecule has 0 saturated carbocycles. The number of fused-ring (bicyclic) bond motifs is 9. The van der Waals surface area contributed by atoms with Crippen molar-refractivity contribution >= 4 is 94.2 Å². The molecule has 328 valence electrons. The summed E-state index contributed by atoms with van der Waals surface area (Å²) in [5.41, 5.74) is 13.1. The summed E-state index contributed by atoms with van der Waals surface area (Å²) < 4.78 is 7.27. The molecule has 3 heterocycles. The van der Waals surface area contributed by atoms with E-state index in [9.17, 15) is 0 Å². The lowest BCUT2D eigenvalue weighted by atomic mass is 10.0. The lowest BCUT2D eigenvalue weighted by Crippen LogP contribution is -2.74. The highest BCUT2D eigenvalue weighted by atomic mass is 28.3. The van der Waals surface area contributed by atoms with Gasteiger partial charge in [-0.2, -0.15) is 0 Å². The van der Waals surface area contributed by atoms with Gasteiger partial charge in [0, 0.05) is 49.4 Å². The van der Waals surface area contributed by atoms with E-state index in [1.54, 1.807) is 0 Å². The summed E-state index contributed by atoms with van der Waals surface area (Å²) in [6.07, 6.45) is 0. The fraction of sp³-hybridized carbons (Fsp3) is 0. The fourth-order valence-electron chi connectivity index (χ4n) is 11.7. The van der Waals surface area contributed by atoms with Crippen molar-refractivity contribution in [3.63, 3.8) is 0 Å². The van der Waals surface area contributed by atoms with Gasteiger partial charge in [-0.25, -0.2) is 0 Å². The van der Waals surface area contributed by atoms with Crippen LogP contribution < -0.4 is 20.7 Å². The molecular weight excluding hydrogens is 863 g/mol. The van der Waals surface area contributed by atoms with Crippen molar-refractivity contribution in [1.29, 1.82) is 0 Å². The summed E-state index contributed by atoms with van der Waals surface area (Å²) in [4.78, 5) is 0. The molecule has 0 aliphatic rings. The van der Waals surface area contributed by atoms with Crippen LogP contribution in [0.15, 0.2) is 273 Å². The number of nitrogens with zero attached hydrogens (tertiary/aromatic N) is 3. The molecule has 0 spiro atoms. The molecule has 0 N–H and O–H groups in total. The van der Waals surface area contributed by atoms with Crippen LogP contribution in [-0.2, 0) is 0 Å². The second-order valence-electron chi connectivity index (χ2n) is 18.5. The van der Waals surface area contributed by atoms with E-state index in [4.69, 9.17) is 0 Å². The summed E-state index contributed by atoms with van der Waals surface area (Å²) >= 11 is 0. The molecule has 0 unspecified atom stereocenters. The van der Waals surface area contributed by atoms with Crippen LogP contribution in [0.1, 0.15) is 0 Å². The first-order valence-corrected chi connectivity index (χ1v) is 26.2. The average Bonchev–Trinajstić information content (AvgIpc) is 4.07. The summed E-state index contributed by atoms with van der Waals surface area (Å²) in [7, 11) is -2.87. The topological polar surface area (TPSA) is 14.8 Å². The molecular formula is C66H45N3Si. The summed E-state index contributed by atoms with van der Waals surface area (Å²) in [5, 5.41) is 12.9. The van der Waals surface area contributed by atoms with E-state index < -0.39 is 8.07 Å². The Balaban J connectivity index is 0.935. The molecule has 4 heteroatoms. The molecule has 0 fully saturated rings. The van der Waals surface area contributed by atoms with Crippen molar-refractivity contribution in [2.24, 2.45) is 0 Å². The van der Waals surface area contributed by atoms with E-state index in [0.717, 1.165) is 11.4 Å². The standard InChI is InChI=1S/C66H45N3Si/c1-5-19-48(20-6-1)67-61-30-16-13-27-55(61)58-43-47(35-42-64(58)67)46-33-38-53(39-34-46)70(51-23-9-3-10-24-51,52-25-11-4-12-26-52)54-40-36-50(37-41-54)69-63-32-18-15-29-57(63)60-44-59-56-28-14-17-31-62(56)68(65(59)45-66(60)69)49-21-7-2-8-22-49/h1-45H. The number of aromatic nitrogens is 3. The first-order chi connectivity index (χ1) is 34.7. The lowest BCUT2D eigenvalue weighted by Gasteiger charge is -2.34. The van der Waals surface area contributed by atoms with E-state index >= 15 is 0 Å². The molecule has 0 aliphatic carbocycles. The highest BCUT2D eigenvalue weighted by molar-refractivity contribution is 7.19. The van der Waals surface area contributed by atoms with Gasteiger partial charge in [0.25, 0.3) is 0 Å². The van der Waals surface area contributed by atoms with E-state index in [1.807, 2.05) is 0 Å². The molecule has 70 heavy (non-hydrogen) atoms. The third kappa shape index (κ3) is 6.07. The zero-order valence-electron chi connectivity index (χ0n) is 38.3. The number of benzene rings is 11. The predicted molar refractivity (Wildman–Crippen MR) is 299 cm³/mol. The normalized spacial score (nSPS) is 12.0. The van der Waals surface area contributed by atoms with Gasteiger partial charge in [-0.15, -0.1) is 0 Å². The van der Waals surface area contributed by atoms with E-state index in [-0.39, 0.29) is 0 Å². The lowest BCUT2D eigenvalue weighted by molar-refractivity contribution is 1.17. The summed E-state index contributed by atoms with van der Waals surface area (Å²) in [5.74, 6) is 0. The Morgan fingerprint density at radius 2 is 0.529 bits per heavy atom. The highest BCUT2D eigenvalue weighted by Gasteiger charge is 2.41. The SMILES string of the molecule is c1ccc(-n2c3ccccc3c3cc(-c4ccc([Si](c5ccccc5)(c5ccccc5)c5ccc(-n6c7ccccc7c7cc8c9ccccc9n(-c9ccccc9)c8cc76)cc5)cc4)ccc32)cc1. The van der Waals surface area contributed by atoms with Gasteiger partial charge in [0.1, 0.15) is 0 Å². The maximum absolute atomic E-state index is 2.87. The fourth-order valence-corrected chi connectivity index (χ4v) is 16.4. The Morgan fingerprint density at radius 1 is 0.200 bits per heavy atom. The van der Waals surface area contributed by atoms with Gasteiger partial charge in [0.15, 0.2) is 8.07 Å². The molecule has 0 bridgehead atoms. The molecule has 3 nitrogen and oxygen atoms in total. The number of hydrogen-bond donors (Lipinski definition) is 0. The summed E-state index contributed by atoms with van der Waals surface area (Å²) in [6.45, 7) is 0. The first kappa shape index (κ1) is 40.1. The molecule has 0 aliphatic heterocycles. The van der Waals surface area contributed by atoms with Crippen molar-refractivity contribution in [1.82, 2.24) is 13.7 Å². The van der Waals surface area contributed by atoms with Gasteiger partial charge in [-0.3, -0.25) is 0 Å². The van der Waals surface area contributed by atoms with E-state index in [1.165, 1.54) is 103 Å². The van der Waals surface area contributed by atoms with Crippen molar-refractivity contribution in [3.05, 3.63) is 273 Å². The van der Waals surface area contributed by atoms with Crippen LogP contribution in [-0.4, -0.2) is 21.8 Å². The molecule has 14 rings (SSSR count). The predicted octanol–water partition coefficient (Wildman–Crippen LogP) is 14.0. The van der Waals surface area contributed by atoms with Crippen molar-refractivity contribution in [2.75, 3.05) is 0 Å². The molecule has 14 aromatic rings. The first-order valence-electron chi connectivity index (χ1n) is 24.2. The number of rotatable bonds is 8. The Kier molecular flexibility index (Phi) is 9.23. The number of hydrogen-bond acceptors (Lipinski definition) is 0. The molecule has 11 aromatic carbocycles. The molecule has 0 radical (unpaired) electrons. The zero-order valence-corrected chi connectivity index (χ0v) is 39.3. The second-order valence-corrected chi connectivity index (χ2v) is 22.3. The second kappa shape index (κ2) is 16.1. The van der Waals surface area contributed by atoms with Crippen LogP contribution in [0.25, 0.3) is 93.6 Å². The largest absolute Gasteiger partial charge is 0.309 e. The van der Waals surface area contributed by atoms with E-state index in [2.05, 4.69) is 287 Å². The maximum atomic E-state index is 2.47. The Labute approximate surface area is 407 Å². The minimum atomic E-state index is -2.87. The van der Waals surface area contributed by atoms with Crippen LogP contribution in [0, 0.1) is 0 Å². The average molecular weight is 908 g/mol. The Hall–Kier alpha value is -8.96. The van der Waals surface area contributed by atoms with Crippen LogP contribution in [0.2, 0.25) is 0 Å². The third-order valence-electron chi connectivity index (χ3n) is 14.8. The van der Waals surface area contributed by atoms with Gasteiger partial charge in [-0.1, -0.05) is 194 Å². The van der Waals surface area contributed by atoms with Crippen molar-refractivity contribution < 1.29 is 0 Å². The molecule has 0 atom stereocenters. The monoisotopic (exact) mass is 907 g/mol. The van der Waals surface area contributed by atoms with Gasteiger partial charge in [0.2, 0.25) is 0 Å². The van der Waals surface area contributed by atoms with Crippen LogP contribution in [0.5, 0.6) is 0 Å². The van der Waals surface area contributed by atoms with Crippen molar-refractivity contribution in [3.8, 4) is 28.2 Å². The highest BCUT2D eigenvalue weighted by Crippen LogP contribution is 2.40. The van der Waals surface area contributed by atoms with Gasteiger partial charge in [-0.05, 0) is 111 Å². The minimum absolute atomic E-state index is 1.14. The Morgan fingerprint density at radius 3 is 1.00 bits per heavy atom. The van der Waals surface area contributed by atoms with Crippen LogP contribution >= 0.6 is 0 Å². The molecule has 0 saturated heterocycles. The maximum Gasteiger partial charge on any atom is 0.179 e. The summed E-state index contributed by atoms with van der Waals surface area (Å²) in [6, 6.07) is 101. The van der Waals surface area contributed by atoms with Crippen LogP contribution in [0.4, 0.5) is 0 Å². The molecule has 0 amide bonds. The van der Waals surface area contributed by atoms with E-state index in [0.29, 0.717) is 0 Å². The van der Waals surface area contributed by atoms with Crippen molar-refractivity contribution in [2.45, 2.75) is 0 Å². The van der Waals surface area contributed by atoms with Gasteiger partial charge < -0.3 is 13.7 Å². The van der Waals surface area contributed by atoms with Crippen LogP contribution in [0.3, 0.4) is 0 Å². The van der Waals surface area contributed by atoms with Gasteiger partial charge in [0.05, 0.1) is 33.1 Å². The quantitative estimate of drug-likeness (QED) is 0.107. The van der Waals surface area contributed by atoms with Gasteiger partial charge >= 0.3 is 0 Å². The Bertz CT molecular complexity index is 4210. The number of para-hydroxylation sites is 5. The zero-order chi connectivity index (χ0) is 46.2. The molecule has 3 aromatic heterocycles. The third-order valence-corrected chi connectivity index (χ3v) is 19.6. The minimum Gasteiger partial charge on any atom is -0.309 e. The smallest absolute Gasteiger partial charge is 0.179 e.